The molecule has 6 aromatic carbocycles. The van der Waals surface area contributed by atoms with Gasteiger partial charge in [0, 0.05) is 11.1 Å². The van der Waals surface area contributed by atoms with Gasteiger partial charge in [-0.05, 0) is 55.9 Å². The molecule has 0 aliphatic heterocycles. The average Bonchev–Trinajstić information content (AvgIpc) is 3.32. The van der Waals surface area contributed by atoms with E-state index in [9.17, 15) is 0 Å². The van der Waals surface area contributed by atoms with Gasteiger partial charge >= 0.3 is 0 Å². The highest BCUT2D eigenvalue weighted by molar-refractivity contribution is 6.00. The van der Waals surface area contributed by atoms with E-state index in [1.807, 2.05) is 0 Å². The first-order chi connectivity index (χ1) is 20.3. The summed E-state index contributed by atoms with van der Waals surface area (Å²) >= 11 is 0. The molecule has 0 unspecified atom stereocenters. The van der Waals surface area contributed by atoms with Gasteiger partial charge in [-0.1, -0.05) is 135 Å². The Labute approximate surface area is 240 Å². The molecule has 198 valence electrons. The van der Waals surface area contributed by atoms with Crippen LogP contribution in [-0.2, 0) is 5.41 Å². The molecule has 0 radical (unpaired) electrons. The van der Waals surface area contributed by atoms with E-state index in [-0.39, 0.29) is 0 Å². The molecule has 0 spiro atoms. The maximum absolute atomic E-state index is 6.54. The zero-order valence-electron chi connectivity index (χ0n) is 22.8. The van der Waals surface area contributed by atoms with Gasteiger partial charge in [-0.15, -0.1) is 0 Å². The number of hydrogen-bond acceptors (Lipinski definition) is 2. The van der Waals surface area contributed by atoms with Gasteiger partial charge < -0.3 is 9.47 Å². The lowest BCUT2D eigenvalue weighted by Gasteiger charge is -2.37. The third-order valence-electron chi connectivity index (χ3n) is 8.20. The molecule has 0 saturated heterocycles. The smallest absolute Gasteiger partial charge is 0.125 e. The van der Waals surface area contributed by atoms with Crippen LogP contribution in [0.25, 0.3) is 32.7 Å². The second-order valence-electron chi connectivity index (χ2n) is 10.4. The number of ether oxygens (including phenoxy) is 2. The zero-order valence-corrected chi connectivity index (χ0v) is 22.8. The van der Waals surface area contributed by atoms with E-state index in [0.29, 0.717) is 13.2 Å². The molecule has 0 N–H and O–H groups in total. The van der Waals surface area contributed by atoms with Crippen LogP contribution in [0.5, 0.6) is 11.5 Å². The quantitative estimate of drug-likeness (QED) is 0.182. The minimum atomic E-state index is -0.734. The van der Waals surface area contributed by atoms with Crippen LogP contribution in [0.1, 0.15) is 22.3 Å². The molecule has 41 heavy (non-hydrogen) atoms. The van der Waals surface area contributed by atoms with E-state index < -0.39 is 5.41 Å². The Balaban J connectivity index is 1.76. The van der Waals surface area contributed by atoms with Gasteiger partial charge in [-0.25, -0.2) is 0 Å². The first-order valence-electron chi connectivity index (χ1n) is 14.0. The third kappa shape index (κ3) is 3.72. The van der Waals surface area contributed by atoms with E-state index in [2.05, 4.69) is 134 Å². The number of benzene rings is 6. The summed E-state index contributed by atoms with van der Waals surface area (Å²) in [4.78, 5) is 0. The minimum absolute atomic E-state index is 0.403. The molecule has 0 amide bonds. The fourth-order valence-corrected chi connectivity index (χ4v) is 6.71. The van der Waals surface area contributed by atoms with Crippen LogP contribution in [0, 0.1) is 0 Å². The second kappa shape index (κ2) is 10.1. The van der Waals surface area contributed by atoms with Crippen molar-refractivity contribution in [2.45, 2.75) is 5.41 Å². The average molecular weight is 531 g/mol. The monoisotopic (exact) mass is 530 g/mol. The van der Waals surface area contributed by atoms with Crippen molar-refractivity contribution in [2.75, 3.05) is 13.2 Å². The molecule has 0 bridgehead atoms. The molecular formula is C39H30O2. The number of fused-ring (bicyclic) bond motifs is 5. The summed E-state index contributed by atoms with van der Waals surface area (Å²) in [6, 6.07) is 43.3. The van der Waals surface area contributed by atoms with Crippen molar-refractivity contribution >= 4 is 21.5 Å². The maximum atomic E-state index is 6.54. The highest BCUT2D eigenvalue weighted by Crippen LogP contribution is 2.61. The summed E-state index contributed by atoms with van der Waals surface area (Å²) in [6.45, 7) is 8.70. The van der Waals surface area contributed by atoms with Crippen LogP contribution < -0.4 is 9.47 Å². The fourth-order valence-electron chi connectivity index (χ4n) is 6.71. The van der Waals surface area contributed by atoms with Gasteiger partial charge in [0.2, 0.25) is 0 Å². The summed E-state index contributed by atoms with van der Waals surface area (Å²) in [5, 5.41) is 4.60. The predicted molar refractivity (Wildman–Crippen MR) is 170 cm³/mol. The lowest BCUT2D eigenvalue weighted by atomic mass is 9.64. The van der Waals surface area contributed by atoms with Gasteiger partial charge in [0.25, 0.3) is 0 Å². The molecule has 7 rings (SSSR count). The summed E-state index contributed by atoms with van der Waals surface area (Å²) in [7, 11) is 0. The molecule has 6 aromatic rings. The maximum Gasteiger partial charge on any atom is 0.125 e. The normalized spacial score (nSPS) is 13.0. The van der Waals surface area contributed by atoms with Gasteiger partial charge in [0.05, 0.1) is 5.41 Å². The highest BCUT2D eigenvalue weighted by atomic mass is 16.5. The Hall–Kier alpha value is -5.08. The predicted octanol–water partition coefficient (Wildman–Crippen LogP) is 9.49. The Morgan fingerprint density at radius 1 is 0.488 bits per heavy atom. The molecule has 0 aromatic heterocycles. The summed E-state index contributed by atoms with van der Waals surface area (Å²) in [5.74, 6) is 1.66. The molecule has 0 atom stereocenters. The van der Waals surface area contributed by atoms with Crippen LogP contribution in [0.3, 0.4) is 0 Å². The highest BCUT2D eigenvalue weighted by Gasteiger charge is 2.50. The van der Waals surface area contributed by atoms with E-state index in [0.717, 1.165) is 44.2 Å². The minimum Gasteiger partial charge on any atom is -0.489 e. The lowest BCUT2D eigenvalue weighted by Crippen LogP contribution is -2.31. The van der Waals surface area contributed by atoms with Crippen molar-refractivity contribution in [3.8, 4) is 22.6 Å². The number of rotatable bonds is 8. The van der Waals surface area contributed by atoms with Gasteiger partial charge in [0.1, 0.15) is 24.7 Å². The zero-order chi connectivity index (χ0) is 27.8. The standard InChI is InChI=1S/C39H30O2/c1-3-25-40-35-23-21-27-13-5-7-15-29(27)37(35)39(33-19-11-9-17-31(33)32-18-10-12-20-34(32)39)38-30-16-8-6-14-28(30)22-24-36(38)41-26-4-2/h3-24H,1-2,25-26H2. The summed E-state index contributed by atoms with van der Waals surface area (Å²) < 4.78 is 13.1. The van der Waals surface area contributed by atoms with Crippen molar-refractivity contribution in [3.63, 3.8) is 0 Å². The SMILES string of the molecule is C=CCOc1ccc2ccccc2c1C1(c2c(OCC=C)ccc3ccccc23)c2ccccc2-c2ccccc21. The van der Waals surface area contributed by atoms with Crippen molar-refractivity contribution in [3.05, 3.63) is 169 Å². The largest absolute Gasteiger partial charge is 0.489 e. The van der Waals surface area contributed by atoms with Crippen LogP contribution in [-0.4, -0.2) is 13.2 Å². The third-order valence-corrected chi connectivity index (χ3v) is 8.20. The molecule has 2 heteroatoms. The summed E-state index contributed by atoms with van der Waals surface area (Å²) in [5.41, 5.74) is 6.33. The lowest BCUT2D eigenvalue weighted by molar-refractivity contribution is 0.350. The van der Waals surface area contributed by atoms with Gasteiger partial charge in [-0.2, -0.15) is 0 Å². The van der Waals surface area contributed by atoms with Crippen LogP contribution in [0.15, 0.2) is 147 Å². The first-order valence-corrected chi connectivity index (χ1v) is 14.0. The number of hydrogen-bond donors (Lipinski definition) is 0. The Morgan fingerprint density at radius 3 is 1.37 bits per heavy atom. The molecule has 0 fully saturated rings. The van der Waals surface area contributed by atoms with Crippen molar-refractivity contribution in [2.24, 2.45) is 0 Å². The van der Waals surface area contributed by atoms with E-state index in [4.69, 9.17) is 9.47 Å². The second-order valence-corrected chi connectivity index (χ2v) is 10.4. The van der Waals surface area contributed by atoms with E-state index in [1.54, 1.807) is 12.2 Å². The molecule has 1 aliphatic carbocycles. The Morgan fingerprint density at radius 2 is 0.902 bits per heavy atom. The Bertz CT molecular complexity index is 1800. The van der Waals surface area contributed by atoms with Gasteiger partial charge in [-0.3, -0.25) is 0 Å². The molecule has 1 aliphatic rings. The van der Waals surface area contributed by atoms with E-state index >= 15 is 0 Å². The van der Waals surface area contributed by atoms with Crippen LogP contribution in [0.2, 0.25) is 0 Å². The van der Waals surface area contributed by atoms with E-state index in [1.165, 1.54) is 22.3 Å². The molecular weight excluding hydrogens is 500 g/mol. The molecule has 2 nitrogen and oxygen atoms in total. The first kappa shape index (κ1) is 24.9. The van der Waals surface area contributed by atoms with Crippen molar-refractivity contribution < 1.29 is 9.47 Å². The van der Waals surface area contributed by atoms with Gasteiger partial charge in [0.15, 0.2) is 0 Å². The fraction of sp³-hybridized carbons (Fsp3) is 0.0769. The van der Waals surface area contributed by atoms with Crippen LogP contribution in [0.4, 0.5) is 0 Å². The molecule has 0 saturated carbocycles. The molecule has 0 heterocycles. The van der Waals surface area contributed by atoms with Crippen molar-refractivity contribution in [1.29, 1.82) is 0 Å². The summed E-state index contributed by atoms with van der Waals surface area (Å²) in [6.07, 6.45) is 3.61. The van der Waals surface area contributed by atoms with Crippen molar-refractivity contribution in [1.82, 2.24) is 0 Å². The van der Waals surface area contributed by atoms with Crippen LogP contribution >= 0.6 is 0 Å². The topological polar surface area (TPSA) is 18.5 Å². The Kier molecular flexibility index (Phi) is 6.17.